The van der Waals surface area contributed by atoms with E-state index in [0.29, 0.717) is 5.56 Å². The first kappa shape index (κ1) is 23.1. The van der Waals surface area contributed by atoms with Gasteiger partial charge in [0.15, 0.2) is 0 Å². The number of hydrogen-bond donors (Lipinski definition) is 2. The number of carbonyl (C=O) groups excluding carboxylic acids is 2. The van der Waals surface area contributed by atoms with Gasteiger partial charge in [0.1, 0.15) is 11.5 Å². The van der Waals surface area contributed by atoms with Crippen molar-refractivity contribution in [3.8, 4) is 22.6 Å². The maximum Gasteiger partial charge on any atom is 0.341 e. The highest BCUT2D eigenvalue weighted by Gasteiger charge is 2.17. The second-order valence-electron chi connectivity index (χ2n) is 6.88. The van der Waals surface area contributed by atoms with Crippen LogP contribution in [0.1, 0.15) is 25.8 Å². The van der Waals surface area contributed by atoms with E-state index in [0.717, 1.165) is 18.4 Å². The van der Waals surface area contributed by atoms with Gasteiger partial charge in [0.2, 0.25) is 0 Å². The summed E-state index contributed by atoms with van der Waals surface area (Å²) in [4.78, 5) is 24.2. The van der Waals surface area contributed by atoms with E-state index in [9.17, 15) is 14.7 Å². The van der Waals surface area contributed by atoms with Gasteiger partial charge in [-0.2, -0.15) is 0 Å². The number of esters is 2. The van der Waals surface area contributed by atoms with Crippen LogP contribution < -0.4 is 9.47 Å². The Morgan fingerprint density at radius 1 is 0.967 bits per heavy atom. The Bertz CT molecular complexity index is 941. The van der Waals surface area contributed by atoms with Crippen LogP contribution in [0.25, 0.3) is 11.1 Å². The molecule has 0 spiro atoms. The van der Waals surface area contributed by atoms with E-state index in [4.69, 9.17) is 14.6 Å². The summed E-state index contributed by atoms with van der Waals surface area (Å²) < 4.78 is 10.6. The quantitative estimate of drug-likeness (QED) is 0.373. The zero-order valence-corrected chi connectivity index (χ0v) is 17.2. The number of ether oxygens (including phenoxy) is 2. The molecule has 0 radical (unpaired) electrons. The minimum Gasteiger partial charge on any atom is -0.423 e. The van der Waals surface area contributed by atoms with Crippen molar-refractivity contribution in [3.05, 3.63) is 72.3 Å². The SMILES string of the molecule is C=C(CO)C(=O)Oc1cc(OC(=O)C(=C)C(C)O)cc(-c2ccc(CCC)cc2)c1. The molecule has 0 aliphatic heterocycles. The van der Waals surface area contributed by atoms with E-state index in [2.05, 4.69) is 20.1 Å². The van der Waals surface area contributed by atoms with E-state index in [-0.39, 0.29) is 22.6 Å². The van der Waals surface area contributed by atoms with E-state index < -0.39 is 24.6 Å². The fourth-order valence-corrected chi connectivity index (χ4v) is 2.60. The van der Waals surface area contributed by atoms with Gasteiger partial charge in [-0.3, -0.25) is 0 Å². The molecule has 0 saturated heterocycles. The predicted molar refractivity (Wildman–Crippen MR) is 114 cm³/mol. The van der Waals surface area contributed by atoms with Crippen LogP contribution in [-0.4, -0.2) is 34.9 Å². The van der Waals surface area contributed by atoms with Crippen molar-refractivity contribution in [1.82, 2.24) is 0 Å². The van der Waals surface area contributed by atoms with Crippen molar-refractivity contribution in [2.75, 3.05) is 6.61 Å². The van der Waals surface area contributed by atoms with Crippen LogP contribution in [0.15, 0.2) is 66.8 Å². The normalized spacial score (nSPS) is 11.5. The van der Waals surface area contributed by atoms with Gasteiger partial charge in [0, 0.05) is 6.07 Å². The lowest BCUT2D eigenvalue weighted by Gasteiger charge is -2.13. The van der Waals surface area contributed by atoms with Crippen molar-refractivity contribution >= 4 is 11.9 Å². The smallest absolute Gasteiger partial charge is 0.341 e. The minimum absolute atomic E-state index is 0.100. The summed E-state index contributed by atoms with van der Waals surface area (Å²) in [6, 6.07) is 12.5. The Kier molecular flexibility index (Phi) is 8.09. The molecule has 0 aliphatic carbocycles. The van der Waals surface area contributed by atoms with E-state index in [1.54, 1.807) is 12.1 Å². The maximum atomic E-state index is 12.2. The topological polar surface area (TPSA) is 93.1 Å². The summed E-state index contributed by atoms with van der Waals surface area (Å²) in [5.74, 6) is -1.35. The minimum atomic E-state index is -1.06. The first-order chi connectivity index (χ1) is 14.2. The molecule has 0 bridgehead atoms. The first-order valence-electron chi connectivity index (χ1n) is 9.59. The summed E-state index contributed by atoms with van der Waals surface area (Å²) in [5, 5.41) is 18.6. The van der Waals surface area contributed by atoms with E-state index >= 15 is 0 Å². The zero-order valence-electron chi connectivity index (χ0n) is 17.2. The third-order valence-corrected chi connectivity index (χ3v) is 4.37. The predicted octanol–water partition coefficient (Wildman–Crippen LogP) is 3.60. The van der Waals surface area contributed by atoms with Crippen molar-refractivity contribution in [2.24, 2.45) is 0 Å². The number of aliphatic hydroxyl groups excluding tert-OH is 2. The number of rotatable bonds is 9. The highest BCUT2D eigenvalue weighted by Crippen LogP contribution is 2.31. The summed E-state index contributed by atoms with van der Waals surface area (Å²) in [7, 11) is 0. The molecule has 2 N–H and O–H groups in total. The fraction of sp³-hybridized carbons (Fsp3) is 0.250. The fourth-order valence-electron chi connectivity index (χ4n) is 2.60. The Labute approximate surface area is 176 Å². The highest BCUT2D eigenvalue weighted by atomic mass is 16.5. The molecule has 0 fully saturated rings. The molecule has 158 valence electrons. The van der Waals surface area contributed by atoms with Gasteiger partial charge < -0.3 is 19.7 Å². The number of benzene rings is 2. The lowest BCUT2D eigenvalue weighted by atomic mass is 10.0. The third-order valence-electron chi connectivity index (χ3n) is 4.37. The van der Waals surface area contributed by atoms with Gasteiger partial charge in [-0.05, 0) is 42.2 Å². The molecule has 0 heterocycles. The van der Waals surface area contributed by atoms with Crippen LogP contribution in [0.2, 0.25) is 0 Å². The van der Waals surface area contributed by atoms with E-state index in [1.165, 1.54) is 18.6 Å². The molecule has 1 atom stereocenters. The largest absolute Gasteiger partial charge is 0.423 e. The van der Waals surface area contributed by atoms with Gasteiger partial charge in [0.25, 0.3) is 0 Å². The van der Waals surface area contributed by atoms with Gasteiger partial charge >= 0.3 is 11.9 Å². The maximum absolute atomic E-state index is 12.2. The second kappa shape index (κ2) is 10.5. The zero-order chi connectivity index (χ0) is 22.3. The molecule has 2 rings (SSSR count). The van der Waals surface area contributed by atoms with E-state index in [1.807, 2.05) is 24.3 Å². The molecular formula is C24H26O6. The Hall–Kier alpha value is -3.22. The average molecular weight is 410 g/mol. The Balaban J connectivity index is 2.40. The first-order valence-corrected chi connectivity index (χ1v) is 9.59. The summed E-state index contributed by atoms with van der Waals surface area (Å²) in [6.45, 7) is 9.93. The number of hydrogen-bond acceptors (Lipinski definition) is 6. The summed E-state index contributed by atoms with van der Waals surface area (Å²) in [6.07, 6.45) is 0.940. The molecule has 30 heavy (non-hydrogen) atoms. The van der Waals surface area contributed by atoms with Crippen molar-refractivity contribution in [3.63, 3.8) is 0 Å². The van der Waals surface area contributed by atoms with Gasteiger partial charge in [-0.25, -0.2) is 9.59 Å². The molecule has 0 amide bonds. The van der Waals surface area contributed by atoms with Crippen molar-refractivity contribution in [2.45, 2.75) is 32.8 Å². The van der Waals surface area contributed by atoms with Crippen molar-refractivity contribution < 1.29 is 29.3 Å². The lowest BCUT2D eigenvalue weighted by molar-refractivity contribution is -0.131. The number of aliphatic hydroxyl groups is 2. The lowest BCUT2D eigenvalue weighted by Crippen LogP contribution is -2.19. The molecule has 6 nitrogen and oxygen atoms in total. The molecular weight excluding hydrogens is 384 g/mol. The monoisotopic (exact) mass is 410 g/mol. The van der Waals surface area contributed by atoms with Crippen molar-refractivity contribution in [1.29, 1.82) is 0 Å². The molecule has 1 unspecified atom stereocenters. The number of aryl methyl sites for hydroxylation is 1. The molecule has 0 aromatic heterocycles. The molecule has 2 aromatic carbocycles. The van der Waals surface area contributed by atoms with Gasteiger partial charge in [-0.1, -0.05) is 50.8 Å². The number of carbonyl (C=O) groups is 2. The average Bonchev–Trinajstić information content (AvgIpc) is 2.72. The second-order valence-corrected chi connectivity index (χ2v) is 6.88. The van der Waals surface area contributed by atoms with Crippen LogP contribution in [-0.2, 0) is 16.0 Å². The van der Waals surface area contributed by atoms with Crippen LogP contribution in [0, 0.1) is 0 Å². The van der Waals surface area contributed by atoms with Crippen LogP contribution in [0.5, 0.6) is 11.5 Å². The molecule has 6 heteroatoms. The van der Waals surface area contributed by atoms with Gasteiger partial charge in [-0.15, -0.1) is 0 Å². The Morgan fingerprint density at radius 3 is 2.03 bits per heavy atom. The standard InChI is InChI=1S/C24H26O6/c1-5-6-18-7-9-19(10-8-18)20-11-21(29-23(27)15(2)14-25)13-22(12-20)30-24(28)16(3)17(4)26/h7-13,17,25-26H,2-3,5-6,14H2,1,4H3. The van der Waals surface area contributed by atoms with Crippen LogP contribution >= 0.6 is 0 Å². The third kappa shape index (κ3) is 6.14. The van der Waals surface area contributed by atoms with Crippen LogP contribution in [0.3, 0.4) is 0 Å². The van der Waals surface area contributed by atoms with Gasteiger partial charge in [0.05, 0.1) is 23.9 Å². The molecule has 0 aliphatic rings. The summed E-state index contributed by atoms with van der Waals surface area (Å²) >= 11 is 0. The highest BCUT2D eigenvalue weighted by molar-refractivity contribution is 5.91. The summed E-state index contributed by atoms with van der Waals surface area (Å²) in [5.41, 5.74) is 2.48. The molecule has 0 saturated carbocycles. The van der Waals surface area contributed by atoms with Crippen LogP contribution in [0.4, 0.5) is 0 Å². The Morgan fingerprint density at radius 2 is 1.53 bits per heavy atom. The molecule has 2 aromatic rings.